The summed E-state index contributed by atoms with van der Waals surface area (Å²) in [7, 11) is 0. The van der Waals surface area contributed by atoms with Crippen LogP contribution in [0.2, 0.25) is 0 Å². The van der Waals surface area contributed by atoms with Crippen LogP contribution in [0, 0.1) is 0 Å². The quantitative estimate of drug-likeness (QED) is 0.617. The molecule has 6 nitrogen and oxygen atoms in total. The molecule has 1 amide bonds. The van der Waals surface area contributed by atoms with Crippen LogP contribution in [0.3, 0.4) is 0 Å². The van der Waals surface area contributed by atoms with Crippen LogP contribution < -0.4 is 5.32 Å². The molecule has 0 saturated heterocycles. The summed E-state index contributed by atoms with van der Waals surface area (Å²) in [6.45, 7) is 0.552. The first-order chi connectivity index (χ1) is 12.8. The fourth-order valence-corrected chi connectivity index (χ4v) is 3.48. The molecule has 0 bridgehead atoms. The maximum atomic E-state index is 12.3. The zero-order chi connectivity index (χ0) is 17.5. The van der Waals surface area contributed by atoms with Crippen LogP contribution >= 0.6 is 0 Å². The number of carbonyl (C=O) groups is 1. The maximum absolute atomic E-state index is 12.3. The van der Waals surface area contributed by atoms with Crippen molar-refractivity contribution in [2.24, 2.45) is 0 Å². The highest BCUT2D eigenvalue weighted by Gasteiger charge is 2.32. The minimum absolute atomic E-state index is 0.0316. The molecule has 0 fully saturated rings. The number of fused-ring (bicyclic) bond motifs is 2. The van der Waals surface area contributed by atoms with Gasteiger partial charge in [-0.3, -0.25) is 9.78 Å². The Morgan fingerprint density at radius 2 is 2.12 bits per heavy atom. The van der Waals surface area contributed by atoms with Crippen molar-refractivity contribution in [3.63, 3.8) is 0 Å². The molecule has 1 atom stereocenters. The van der Waals surface area contributed by atoms with Crippen molar-refractivity contribution in [1.82, 2.24) is 14.8 Å². The van der Waals surface area contributed by atoms with E-state index in [1.54, 1.807) is 17.1 Å². The average molecular weight is 344 g/mol. The Kier molecular flexibility index (Phi) is 3.35. The summed E-state index contributed by atoms with van der Waals surface area (Å²) in [5, 5.41) is 8.49. The second-order valence-electron chi connectivity index (χ2n) is 6.46. The zero-order valence-electron chi connectivity index (χ0n) is 13.9. The Labute approximate surface area is 149 Å². The lowest BCUT2D eigenvalue weighted by Gasteiger charge is -2.22. The summed E-state index contributed by atoms with van der Waals surface area (Å²) in [5.74, 6) is 1.36. The van der Waals surface area contributed by atoms with Gasteiger partial charge in [0, 0.05) is 29.8 Å². The van der Waals surface area contributed by atoms with Gasteiger partial charge in [0.25, 0.3) is 0 Å². The second kappa shape index (κ2) is 5.84. The molecule has 0 spiro atoms. The molecule has 4 aromatic rings. The molecule has 1 aliphatic rings. The number of aromatic nitrogens is 3. The van der Waals surface area contributed by atoms with Crippen molar-refractivity contribution in [3.8, 4) is 0 Å². The van der Waals surface area contributed by atoms with Gasteiger partial charge in [-0.2, -0.15) is 5.10 Å². The molecule has 0 aliphatic carbocycles. The first-order valence-corrected chi connectivity index (χ1v) is 8.51. The molecule has 5 rings (SSSR count). The van der Waals surface area contributed by atoms with E-state index in [9.17, 15) is 4.79 Å². The number of amides is 1. The standard InChI is InChI=1S/C20H16N4O2/c25-19-9-15(18-8-14-5-1-2-6-17(14)26-18)16-11-22-24(20(16)23-19)12-13-4-3-7-21-10-13/h1-8,10-11,15H,9,12H2,(H,23,25)/t15-/m1/s1. The van der Waals surface area contributed by atoms with E-state index in [2.05, 4.69) is 15.4 Å². The van der Waals surface area contributed by atoms with E-state index in [4.69, 9.17) is 4.42 Å². The second-order valence-corrected chi connectivity index (χ2v) is 6.46. The predicted molar refractivity (Wildman–Crippen MR) is 96.9 cm³/mol. The van der Waals surface area contributed by atoms with Crippen LogP contribution in [-0.4, -0.2) is 20.7 Å². The lowest BCUT2D eigenvalue weighted by atomic mass is 9.92. The summed E-state index contributed by atoms with van der Waals surface area (Å²) < 4.78 is 7.82. The van der Waals surface area contributed by atoms with E-state index in [1.165, 1.54) is 0 Å². The minimum atomic E-state index is -0.131. The smallest absolute Gasteiger partial charge is 0.226 e. The number of benzene rings is 1. The van der Waals surface area contributed by atoms with E-state index in [1.807, 2.05) is 48.7 Å². The van der Waals surface area contributed by atoms with Gasteiger partial charge in [-0.15, -0.1) is 0 Å². The fraction of sp³-hybridized carbons (Fsp3) is 0.150. The number of hydrogen-bond donors (Lipinski definition) is 1. The van der Waals surface area contributed by atoms with Gasteiger partial charge in [0.1, 0.15) is 17.2 Å². The van der Waals surface area contributed by atoms with Crippen molar-refractivity contribution in [2.45, 2.75) is 18.9 Å². The van der Waals surface area contributed by atoms with Crippen LogP contribution in [0.5, 0.6) is 0 Å². The van der Waals surface area contributed by atoms with E-state index in [0.717, 1.165) is 33.7 Å². The third-order valence-corrected chi connectivity index (χ3v) is 4.73. The number of pyridine rings is 1. The Morgan fingerprint density at radius 1 is 1.19 bits per heavy atom. The Morgan fingerprint density at radius 3 is 2.96 bits per heavy atom. The Bertz CT molecular complexity index is 1060. The number of carbonyl (C=O) groups excluding carboxylic acids is 1. The van der Waals surface area contributed by atoms with Gasteiger partial charge in [0.15, 0.2) is 0 Å². The number of hydrogen-bond acceptors (Lipinski definition) is 4. The van der Waals surface area contributed by atoms with E-state index < -0.39 is 0 Å². The number of nitrogens with zero attached hydrogens (tertiary/aromatic N) is 3. The summed E-state index contributed by atoms with van der Waals surface area (Å²) in [5.41, 5.74) is 2.84. The Hall–Kier alpha value is -3.41. The van der Waals surface area contributed by atoms with Gasteiger partial charge in [0.05, 0.1) is 18.7 Å². The molecule has 3 aromatic heterocycles. The van der Waals surface area contributed by atoms with Gasteiger partial charge in [0.2, 0.25) is 5.91 Å². The van der Waals surface area contributed by atoms with Crippen LogP contribution in [0.15, 0.2) is 65.5 Å². The highest BCUT2D eigenvalue weighted by molar-refractivity contribution is 5.94. The number of nitrogens with one attached hydrogen (secondary N) is 1. The van der Waals surface area contributed by atoms with Gasteiger partial charge in [-0.1, -0.05) is 24.3 Å². The normalized spacial score (nSPS) is 16.5. The average Bonchev–Trinajstić information content (AvgIpc) is 3.26. The SMILES string of the molecule is O=C1C[C@@H](c2cc3ccccc3o2)c2cnn(Cc3cccnc3)c2N1. The first-order valence-electron chi connectivity index (χ1n) is 8.51. The molecule has 1 aromatic carbocycles. The fourth-order valence-electron chi connectivity index (χ4n) is 3.48. The van der Waals surface area contributed by atoms with E-state index in [-0.39, 0.29) is 11.8 Å². The topological polar surface area (TPSA) is 73.0 Å². The van der Waals surface area contributed by atoms with Gasteiger partial charge in [-0.05, 0) is 23.8 Å². The zero-order valence-corrected chi connectivity index (χ0v) is 13.9. The molecular weight excluding hydrogens is 328 g/mol. The van der Waals surface area contributed by atoms with Crippen LogP contribution in [0.1, 0.15) is 29.2 Å². The summed E-state index contributed by atoms with van der Waals surface area (Å²) in [6.07, 6.45) is 5.71. The largest absolute Gasteiger partial charge is 0.460 e. The summed E-state index contributed by atoms with van der Waals surface area (Å²) in [4.78, 5) is 16.5. The number of rotatable bonds is 3. The van der Waals surface area contributed by atoms with Crippen molar-refractivity contribution in [3.05, 3.63) is 77.9 Å². The third kappa shape index (κ3) is 2.47. The predicted octanol–water partition coefficient (Wildman–Crippen LogP) is 3.55. The molecule has 128 valence electrons. The summed E-state index contributed by atoms with van der Waals surface area (Å²) >= 11 is 0. The van der Waals surface area contributed by atoms with Crippen LogP contribution in [0.4, 0.5) is 5.82 Å². The molecule has 0 saturated carbocycles. The highest BCUT2D eigenvalue weighted by atomic mass is 16.3. The lowest BCUT2D eigenvalue weighted by molar-refractivity contribution is -0.116. The number of para-hydroxylation sites is 1. The van der Waals surface area contributed by atoms with Crippen molar-refractivity contribution >= 4 is 22.7 Å². The van der Waals surface area contributed by atoms with E-state index in [0.29, 0.717) is 13.0 Å². The monoisotopic (exact) mass is 344 g/mol. The third-order valence-electron chi connectivity index (χ3n) is 4.73. The van der Waals surface area contributed by atoms with Gasteiger partial charge in [-0.25, -0.2) is 4.68 Å². The Balaban J connectivity index is 1.55. The summed E-state index contributed by atoms with van der Waals surface area (Å²) in [6, 6.07) is 13.8. The molecule has 1 aliphatic heterocycles. The van der Waals surface area contributed by atoms with Gasteiger partial charge >= 0.3 is 0 Å². The molecular formula is C20H16N4O2. The van der Waals surface area contributed by atoms with Crippen molar-refractivity contribution < 1.29 is 9.21 Å². The van der Waals surface area contributed by atoms with Gasteiger partial charge < -0.3 is 9.73 Å². The first kappa shape index (κ1) is 14.9. The van der Waals surface area contributed by atoms with Crippen molar-refractivity contribution in [1.29, 1.82) is 0 Å². The maximum Gasteiger partial charge on any atom is 0.226 e. The van der Waals surface area contributed by atoms with E-state index >= 15 is 0 Å². The number of furan rings is 1. The highest BCUT2D eigenvalue weighted by Crippen LogP contribution is 2.39. The van der Waals surface area contributed by atoms with Crippen LogP contribution in [-0.2, 0) is 11.3 Å². The minimum Gasteiger partial charge on any atom is -0.460 e. The lowest BCUT2D eigenvalue weighted by Crippen LogP contribution is -2.24. The molecule has 0 unspecified atom stereocenters. The molecule has 4 heterocycles. The molecule has 0 radical (unpaired) electrons. The molecule has 1 N–H and O–H groups in total. The van der Waals surface area contributed by atoms with Crippen molar-refractivity contribution in [2.75, 3.05) is 5.32 Å². The molecule has 6 heteroatoms. The van der Waals surface area contributed by atoms with Crippen LogP contribution in [0.25, 0.3) is 11.0 Å². The number of anilines is 1. The molecule has 26 heavy (non-hydrogen) atoms.